The first-order valence-corrected chi connectivity index (χ1v) is 13.0. The third kappa shape index (κ3) is 3.99. The van der Waals surface area contributed by atoms with Gasteiger partial charge in [-0.15, -0.1) is 0 Å². The Kier molecular flexibility index (Phi) is 6.58. The number of hydrogen-bond donors (Lipinski definition) is 3. The lowest BCUT2D eigenvalue weighted by molar-refractivity contribution is -0.172. The molecule has 0 bridgehead atoms. The van der Waals surface area contributed by atoms with Crippen molar-refractivity contribution in [1.29, 1.82) is 0 Å². The van der Waals surface area contributed by atoms with E-state index < -0.39 is 23.9 Å². The van der Waals surface area contributed by atoms with Crippen LogP contribution in [0.5, 0.6) is 0 Å². The quantitative estimate of drug-likeness (QED) is 0.553. The lowest BCUT2D eigenvalue weighted by atomic mass is 9.43. The predicted octanol–water partition coefficient (Wildman–Crippen LogP) is 3.86. The summed E-state index contributed by atoms with van der Waals surface area (Å²) in [5, 5.41) is 30.5. The fourth-order valence-electron chi connectivity index (χ4n) is 8.85. The van der Waals surface area contributed by atoms with E-state index in [-0.39, 0.29) is 58.6 Å². The molecule has 186 valence electrons. The highest BCUT2D eigenvalue weighted by Crippen LogP contribution is 2.67. The number of carbonyl (C=O) groups is 3. The molecule has 0 aromatic carbocycles. The molecule has 33 heavy (non-hydrogen) atoms. The second-order valence-corrected chi connectivity index (χ2v) is 12.4. The van der Waals surface area contributed by atoms with Crippen LogP contribution in [-0.2, 0) is 14.4 Å². The Balaban J connectivity index is 1.54. The Morgan fingerprint density at radius 1 is 1.00 bits per heavy atom. The number of aliphatic hydroxyl groups excluding tert-OH is 2. The first kappa shape index (κ1) is 24.8. The van der Waals surface area contributed by atoms with Gasteiger partial charge < -0.3 is 15.3 Å². The third-order valence-corrected chi connectivity index (χ3v) is 10.8. The van der Waals surface area contributed by atoms with E-state index in [0.717, 1.165) is 25.7 Å². The van der Waals surface area contributed by atoms with E-state index in [0.29, 0.717) is 31.6 Å². The van der Waals surface area contributed by atoms with Crippen LogP contribution in [0, 0.1) is 52.3 Å². The molecule has 6 heteroatoms. The molecule has 11 unspecified atom stereocenters. The van der Waals surface area contributed by atoms with Crippen LogP contribution in [0.4, 0.5) is 0 Å². The van der Waals surface area contributed by atoms with Crippen LogP contribution in [0.1, 0.15) is 85.5 Å². The average Bonchev–Trinajstić information content (AvgIpc) is 3.02. The van der Waals surface area contributed by atoms with Crippen molar-refractivity contribution in [1.82, 2.24) is 0 Å². The molecule has 4 saturated carbocycles. The fourth-order valence-corrected chi connectivity index (χ4v) is 8.85. The van der Waals surface area contributed by atoms with Gasteiger partial charge in [0.2, 0.25) is 0 Å². The van der Waals surface area contributed by atoms with Gasteiger partial charge in [0, 0.05) is 24.7 Å². The van der Waals surface area contributed by atoms with E-state index >= 15 is 0 Å². The molecule has 0 spiro atoms. The lowest BCUT2D eigenvalue weighted by Crippen LogP contribution is -2.58. The van der Waals surface area contributed by atoms with Crippen LogP contribution in [0.15, 0.2) is 0 Å². The lowest BCUT2D eigenvalue weighted by Gasteiger charge is -2.62. The number of aliphatic carboxylic acids is 1. The Morgan fingerprint density at radius 3 is 2.33 bits per heavy atom. The topological polar surface area (TPSA) is 112 Å². The van der Waals surface area contributed by atoms with Crippen LogP contribution < -0.4 is 0 Å². The second-order valence-electron chi connectivity index (χ2n) is 12.4. The molecular formula is C27H42O6. The molecule has 0 heterocycles. The number of Topliss-reactive ketones (excluding diaryl/α,β-unsaturated/α-hetero) is 2. The fraction of sp³-hybridized carbons (Fsp3) is 0.889. The number of carbonyl (C=O) groups excluding carboxylic acids is 2. The molecule has 4 rings (SSSR count). The van der Waals surface area contributed by atoms with Crippen LogP contribution in [0.3, 0.4) is 0 Å². The highest BCUT2D eigenvalue weighted by Gasteiger charge is 2.64. The maximum atomic E-state index is 13.4. The summed E-state index contributed by atoms with van der Waals surface area (Å²) in [6.07, 6.45) is 5.22. The van der Waals surface area contributed by atoms with Crippen molar-refractivity contribution < 1.29 is 29.7 Å². The molecule has 4 aliphatic rings. The largest absolute Gasteiger partial charge is 0.481 e. The Labute approximate surface area is 197 Å². The van der Waals surface area contributed by atoms with E-state index in [4.69, 9.17) is 5.11 Å². The van der Waals surface area contributed by atoms with Gasteiger partial charge in [-0.05, 0) is 79.4 Å². The minimum absolute atomic E-state index is 0.00155. The van der Waals surface area contributed by atoms with Gasteiger partial charge in [-0.25, -0.2) is 0 Å². The van der Waals surface area contributed by atoms with E-state index in [1.807, 2.05) is 6.92 Å². The van der Waals surface area contributed by atoms with E-state index in [9.17, 15) is 24.6 Å². The summed E-state index contributed by atoms with van der Waals surface area (Å²) < 4.78 is 0. The molecule has 3 N–H and O–H groups in total. The van der Waals surface area contributed by atoms with Crippen LogP contribution in [0.25, 0.3) is 0 Å². The molecule has 0 aromatic heterocycles. The van der Waals surface area contributed by atoms with Crippen molar-refractivity contribution >= 4 is 17.5 Å². The second kappa shape index (κ2) is 8.75. The smallest absolute Gasteiger partial charge is 0.306 e. The van der Waals surface area contributed by atoms with E-state index in [1.165, 1.54) is 0 Å². The highest BCUT2D eigenvalue weighted by atomic mass is 16.4. The van der Waals surface area contributed by atoms with Gasteiger partial charge in [-0.3, -0.25) is 14.4 Å². The third-order valence-electron chi connectivity index (χ3n) is 10.8. The van der Waals surface area contributed by atoms with Gasteiger partial charge in [-0.1, -0.05) is 27.7 Å². The number of carboxylic acid groups (broad SMARTS) is 1. The highest BCUT2D eigenvalue weighted by molar-refractivity contribution is 5.92. The van der Waals surface area contributed by atoms with Gasteiger partial charge in [-0.2, -0.15) is 0 Å². The molecule has 0 radical (unpaired) electrons. The molecule has 0 aliphatic heterocycles. The van der Waals surface area contributed by atoms with E-state index in [1.54, 1.807) is 6.92 Å². The van der Waals surface area contributed by atoms with E-state index in [2.05, 4.69) is 13.8 Å². The SMILES string of the molecule is CC(CCC(=O)C(C)C1C(=O)CC2C3CC(O)C4CC(O)CCC4(C)C3CCC21C)C(=O)O. The zero-order valence-corrected chi connectivity index (χ0v) is 20.6. The number of aliphatic hydroxyl groups is 2. The zero-order valence-electron chi connectivity index (χ0n) is 20.6. The molecule has 4 fully saturated rings. The van der Waals surface area contributed by atoms with Gasteiger partial charge in [0.1, 0.15) is 11.6 Å². The monoisotopic (exact) mass is 462 g/mol. The maximum absolute atomic E-state index is 13.4. The number of rotatable bonds is 6. The van der Waals surface area contributed by atoms with Gasteiger partial charge in [0.25, 0.3) is 0 Å². The first-order valence-electron chi connectivity index (χ1n) is 13.0. The van der Waals surface area contributed by atoms with Crippen molar-refractivity contribution in [2.45, 2.75) is 97.7 Å². The van der Waals surface area contributed by atoms with Gasteiger partial charge in [0.05, 0.1) is 18.1 Å². The van der Waals surface area contributed by atoms with Crippen molar-refractivity contribution in [3.63, 3.8) is 0 Å². The summed E-state index contributed by atoms with van der Waals surface area (Å²) in [5.41, 5.74) is -0.249. The molecule has 11 atom stereocenters. The first-order chi connectivity index (χ1) is 15.4. The summed E-state index contributed by atoms with van der Waals surface area (Å²) in [7, 11) is 0. The number of carboxylic acids is 1. The molecule has 0 amide bonds. The Hall–Kier alpha value is -1.27. The Bertz CT molecular complexity index is 808. The summed E-state index contributed by atoms with van der Waals surface area (Å²) in [6, 6.07) is 0. The standard InChI is InChI=1S/C27H42O6/c1-14(25(32)33)5-6-21(29)15(2)24-23(31)13-19-17-12-22(30)20-11-16(28)7-9-26(20,3)18(17)8-10-27(19,24)4/h14-20,22,24,28,30H,5-13H2,1-4H3,(H,32,33). The molecule has 6 nitrogen and oxygen atoms in total. The normalized spacial score (nSPS) is 46.6. The summed E-state index contributed by atoms with van der Waals surface area (Å²) >= 11 is 0. The van der Waals surface area contributed by atoms with Crippen LogP contribution in [0.2, 0.25) is 0 Å². The molecule has 4 aliphatic carbocycles. The van der Waals surface area contributed by atoms with Crippen molar-refractivity contribution in [2.75, 3.05) is 0 Å². The zero-order chi connectivity index (χ0) is 24.3. The average molecular weight is 463 g/mol. The molecular weight excluding hydrogens is 420 g/mol. The van der Waals surface area contributed by atoms with Crippen LogP contribution in [-0.4, -0.2) is 45.1 Å². The van der Waals surface area contributed by atoms with Crippen molar-refractivity contribution in [2.24, 2.45) is 52.3 Å². The molecule has 0 aromatic rings. The predicted molar refractivity (Wildman–Crippen MR) is 123 cm³/mol. The number of fused-ring (bicyclic) bond motifs is 5. The summed E-state index contributed by atoms with van der Waals surface area (Å²) in [4.78, 5) is 37.5. The number of hydrogen-bond acceptors (Lipinski definition) is 5. The minimum Gasteiger partial charge on any atom is -0.481 e. The maximum Gasteiger partial charge on any atom is 0.306 e. The van der Waals surface area contributed by atoms with Gasteiger partial charge >= 0.3 is 5.97 Å². The minimum atomic E-state index is -0.893. The summed E-state index contributed by atoms with van der Waals surface area (Å²) in [5.74, 6) is -0.958. The van der Waals surface area contributed by atoms with Crippen molar-refractivity contribution in [3.05, 3.63) is 0 Å². The van der Waals surface area contributed by atoms with Crippen LogP contribution >= 0.6 is 0 Å². The van der Waals surface area contributed by atoms with Gasteiger partial charge in [0.15, 0.2) is 0 Å². The number of ketones is 2. The summed E-state index contributed by atoms with van der Waals surface area (Å²) in [6.45, 7) is 7.98. The van der Waals surface area contributed by atoms with Crippen molar-refractivity contribution in [3.8, 4) is 0 Å². The molecule has 0 saturated heterocycles. The Morgan fingerprint density at radius 2 is 1.67 bits per heavy atom.